The van der Waals surface area contributed by atoms with Gasteiger partial charge in [0.1, 0.15) is 36.6 Å². The molecule has 0 radical (unpaired) electrons. The summed E-state index contributed by atoms with van der Waals surface area (Å²) in [7, 11) is 0. The maximum atomic E-state index is 9.97. The van der Waals surface area contributed by atoms with Gasteiger partial charge in [-0.25, -0.2) is 0 Å². The molecule has 22 heavy (non-hydrogen) atoms. The fourth-order valence-corrected chi connectivity index (χ4v) is 2.62. The zero-order chi connectivity index (χ0) is 16.4. The lowest BCUT2D eigenvalue weighted by molar-refractivity contribution is -0.321. The number of hydrogen-bond acceptors (Lipinski definition) is 10. The van der Waals surface area contributed by atoms with E-state index < -0.39 is 61.7 Å². The van der Waals surface area contributed by atoms with Crippen molar-refractivity contribution in [2.45, 2.75) is 55.1 Å². The molecule has 2 saturated heterocycles. The Morgan fingerprint density at radius 3 is 2.14 bits per heavy atom. The molecule has 8 N–H and O–H groups in total. The van der Waals surface area contributed by atoms with Crippen molar-refractivity contribution in [1.29, 1.82) is 0 Å². The minimum absolute atomic E-state index is 0.0679. The highest BCUT2D eigenvalue weighted by Crippen LogP contribution is 2.25. The van der Waals surface area contributed by atoms with E-state index in [0.29, 0.717) is 0 Å². The summed E-state index contributed by atoms with van der Waals surface area (Å²) in [5.74, 6) is 0. The number of ether oxygens (including phenoxy) is 2. The summed E-state index contributed by atoms with van der Waals surface area (Å²) in [5.41, 5.74) is 0. The van der Waals surface area contributed by atoms with Crippen LogP contribution in [0, 0.1) is 0 Å². The molecule has 2 fully saturated rings. The Morgan fingerprint density at radius 2 is 1.55 bits per heavy atom. The van der Waals surface area contributed by atoms with E-state index >= 15 is 0 Å². The lowest BCUT2D eigenvalue weighted by Gasteiger charge is -2.43. The number of aliphatic hydroxyl groups excluding tert-OH is 7. The summed E-state index contributed by atoms with van der Waals surface area (Å²) in [6.07, 6.45) is -10.8. The standard InChI is InChI=1S/C12H23NO9/c14-2-4-7(16)8(17)5(1-13-4)21-12-11(20)10(19)9(18)6(3-15)22-12/h4-20H,1-3H2/t4-,5-,6-,7-,8-,9+,10+,11-,12+/m0/s1. The molecule has 0 bridgehead atoms. The summed E-state index contributed by atoms with van der Waals surface area (Å²) in [6.45, 7) is -0.894. The molecule has 0 aromatic rings. The third-order valence-electron chi connectivity index (χ3n) is 4.08. The average molecular weight is 325 g/mol. The number of rotatable bonds is 4. The Balaban J connectivity index is 2.00. The van der Waals surface area contributed by atoms with E-state index in [9.17, 15) is 25.5 Å². The van der Waals surface area contributed by atoms with Crippen LogP contribution in [-0.4, -0.2) is 111 Å². The Kier molecular flexibility index (Phi) is 6.07. The van der Waals surface area contributed by atoms with E-state index in [1.54, 1.807) is 0 Å². The van der Waals surface area contributed by atoms with E-state index in [1.807, 2.05) is 0 Å². The number of hydrogen-bond donors (Lipinski definition) is 8. The predicted molar refractivity (Wildman–Crippen MR) is 69.5 cm³/mol. The van der Waals surface area contributed by atoms with Crippen molar-refractivity contribution in [3.05, 3.63) is 0 Å². The van der Waals surface area contributed by atoms with Crippen molar-refractivity contribution in [2.75, 3.05) is 19.8 Å². The molecule has 9 atom stereocenters. The number of piperidine rings is 1. The van der Waals surface area contributed by atoms with Gasteiger partial charge in [-0.05, 0) is 0 Å². The van der Waals surface area contributed by atoms with Crippen LogP contribution in [0.4, 0.5) is 0 Å². The van der Waals surface area contributed by atoms with Gasteiger partial charge in [0.15, 0.2) is 6.29 Å². The second-order valence-corrected chi connectivity index (χ2v) is 5.55. The monoisotopic (exact) mass is 325 g/mol. The molecule has 0 unspecified atom stereocenters. The van der Waals surface area contributed by atoms with Crippen LogP contribution in [0.25, 0.3) is 0 Å². The molecule has 0 aliphatic carbocycles. The van der Waals surface area contributed by atoms with E-state index in [1.165, 1.54) is 0 Å². The van der Waals surface area contributed by atoms with Crippen LogP contribution in [0.3, 0.4) is 0 Å². The quantitative estimate of drug-likeness (QED) is 0.250. The molecule has 0 saturated carbocycles. The molecule has 0 aromatic carbocycles. The van der Waals surface area contributed by atoms with Crippen LogP contribution < -0.4 is 5.32 Å². The smallest absolute Gasteiger partial charge is 0.187 e. The molecule has 2 aliphatic rings. The normalized spacial score (nSPS) is 50.0. The van der Waals surface area contributed by atoms with Gasteiger partial charge in [-0.3, -0.25) is 0 Å². The number of aliphatic hydroxyl groups is 7. The van der Waals surface area contributed by atoms with Crippen LogP contribution in [0.5, 0.6) is 0 Å². The van der Waals surface area contributed by atoms with Gasteiger partial charge in [0.25, 0.3) is 0 Å². The summed E-state index contributed by atoms with van der Waals surface area (Å²) >= 11 is 0. The van der Waals surface area contributed by atoms with Crippen molar-refractivity contribution in [3.8, 4) is 0 Å². The van der Waals surface area contributed by atoms with Gasteiger partial charge >= 0.3 is 0 Å². The van der Waals surface area contributed by atoms with Gasteiger partial charge in [-0.2, -0.15) is 0 Å². The molecule has 2 aliphatic heterocycles. The minimum atomic E-state index is -1.59. The molecule has 2 heterocycles. The lowest BCUT2D eigenvalue weighted by Crippen LogP contribution is -2.65. The van der Waals surface area contributed by atoms with Crippen molar-refractivity contribution in [1.82, 2.24) is 5.32 Å². The molecule has 0 spiro atoms. The van der Waals surface area contributed by atoms with Crippen LogP contribution in [-0.2, 0) is 9.47 Å². The predicted octanol–water partition coefficient (Wildman–Crippen LogP) is -5.14. The number of nitrogens with one attached hydrogen (secondary N) is 1. The van der Waals surface area contributed by atoms with E-state index in [4.69, 9.17) is 19.7 Å². The highest BCUT2D eigenvalue weighted by Gasteiger charge is 2.47. The van der Waals surface area contributed by atoms with Crippen LogP contribution in [0.15, 0.2) is 0 Å². The Labute approximate surface area is 126 Å². The molecule has 2 rings (SSSR count). The van der Waals surface area contributed by atoms with Gasteiger partial charge in [-0.15, -0.1) is 0 Å². The average Bonchev–Trinajstić information content (AvgIpc) is 2.52. The van der Waals surface area contributed by atoms with Gasteiger partial charge in [0.2, 0.25) is 0 Å². The third kappa shape index (κ3) is 3.41. The topological polar surface area (TPSA) is 172 Å². The van der Waals surface area contributed by atoms with Crippen LogP contribution in [0.1, 0.15) is 0 Å². The maximum absolute atomic E-state index is 9.97. The first-order chi connectivity index (χ1) is 10.4. The van der Waals surface area contributed by atoms with Gasteiger partial charge in [-0.1, -0.05) is 0 Å². The molecule has 0 aromatic heterocycles. The summed E-state index contributed by atoms with van der Waals surface area (Å²) < 4.78 is 10.5. The van der Waals surface area contributed by atoms with Crippen molar-refractivity contribution in [3.63, 3.8) is 0 Å². The SMILES string of the molecule is OC[C@@H]1NC[C@H](O[C@@H]2O[C@@H](CO)[C@@H](O)[C@@H](O)[C@@H]2O)[C@H](O)[C@H]1O. The zero-order valence-electron chi connectivity index (χ0n) is 11.8. The maximum Gasteiger partial charge on any atom is 0.187 e. The fraction of sp³-hybridized carbons (Fsp3) is 1.00. The summed E-state index contributed by atoms with van der Waals surface area (Å²) in [5, 5.41) is 69.8. The van der Waals surface area contributed by atoms with E-state index in [-0.39, 0.29) is 13.2 Å². The lowest BCUT2D eigenvalue weighted by atomic mass is 9.95. The first kappa shape index (κ1) is 17.9. The van der Waals surface area contributed by atoms with Gasteiger partial charge in [0.05, 0.1) is 25.4 Å². The van der Waals surface area contributed by atoms with Crippen LogP contribution >= 0.6 is 0 Å². The first-order valence-electron chi connectivity index (χ1n) is 7.07. The first-order valence-corrected chi connectivity index (χ1v) is 7.07. The fourth-order valence-electron chi connectivity index (χ4n) is 2.62. The highest BCUT2D eigenvalue weighted by molar-refractivity contribution is 4.95. The summed E-state index contributed by atoms with van der Waals surface area (Å²) in [6, 6.07) is -0.704. The molecular formula is C12H23NO9. The molecular weight excluding hydrogens is 302 g/mol. The third-order valence-corrected chi connectivity index (χ3v) is 4.08. The second kappa shape index (κ2) is 7.45. The van der Waals surface area contributed by atoms with Crippen molar-refractivity contribution < 1.29 is 45.2 Å². The molecule has 0 amide bonds. The highest BCUT2D eigenvalue weighted by atomic mass is 16.7. The molecule has 130 valence electrons. The zero-order valence-corrected chi connectivity index (χ0v) is 11.8. The molecule has 10 heteroatoms. The van der Waals surface area contributed by atoms with Crippen molar-refractivity contribution >= 4 is 0 Å². The van der Waals surface area contributed by atoms with E-state index in [0.717, 1.165) is 0 Å². The largest absolute Gasteiger partial charge is 0.395 e. The summed E-state index contributed by atoms with van der Waals surface area (Å²) in [4.78, 5) is 0. The van der Waals surface area contributed by atoms with Gasteiger partial charge < -0.3 is 50.5 Å². The van der Waals surface area contributed by atoms with E-state index in [2.05, 4.69) is 5.32 Å². The minimum Gasteiger partial charge on any atom is -0.395 e. The van der Waals surface area contributed by atoms with Gasteiger partial charge in [0, 0.05) is 6.54 Å². The van der Waals surface area contributed by atoms with Crippen LogP contribution in [0.2, 0.25) is 0 Å². The Bertz CT molecular complexity index is 357. The second-order valence-electron chi connectivity index (χ2n) is 5.55. The molecule has 10 nitrogen and oxygen atoms in total. The van der Waals surface area contributed by atoms with Crippen molar-refractivity contribution in [2.24, 2.45) is 0 Å². The Hall–Kier alpha value is -0.400. The Morgan fingerprint density at radius 1 is 0.864 bits per heavy atom.